The molecule has 0 bridgehead atoms. The lowest BCUT2D eigenvalue weighted by molar-refractivity contribution is 0.0906. The van der Waals surface area contributed by atoms with Crippen LogP contribution >= 0.6 is 27.5 Å². The summed E-state index contributed by atoms with van der Waals surface area (Å²) in [6.45, 7) is 2.35. The first-order valence-electron chi connectivity index (χ1n) is 5.19. The number of carbonyl (C=O) groups is 1. The van der Waals surface area contributed by atoms with Crippen molar-refractivity contribution in [3.05, 3.63) is 33.8 Å². The van der Waals surface area contributed by atoms with E-state index >= 15 is 0 Å². The zero-order chi connectivity index (χ0) is 12.8. The molecule has 17 heavy (non-hydrogen) atoms. The van der Waals surface area contributed by atoms with Gasteiger partial charge in [-0.1, -0.05) is 15.9 Å². The van der Waals surface area contributed by atoms with Gasteiger partial charge >= 0.3 is 0 Å². The predicted molar refractivity (Wildman–Crippen MR) is 72.7 cm³/mol. The third-order valence-electron chi connectivity index (χ3n) is 2.19. The Labute approximate surface area is 115 Å². The van der Waals surface area contributed by atoms with Crippen LogP contribution in [0.4, 0.5) is 0 Å². The Morgan fingerprint density at radius 2 is 2.24 bits per heavy atom. The van der Waals surface area contributed by atoms with E-state index in [-0.39, 0.29) is 11.9 Å². The number of amides is 1. The molecule has 1 atom stereocenters. The van der Waals surface area contributed by atoms with E-state index in [0.29, 0.717) is 18.1 Å². The van der Waals surface area contributed by atoms with E-state index in [0.717, 1.165) is 10.0 Å². The summed E-state index contributed by atoms with van der Waals surface area (Å²) in [7, 11) is 1.58. The summed E-state index contributed by atoms with van der Waals surface area (Å²) < 4.78 is 5.86. The van der Waals surface area contributed by atoms with E-state index in [9.17, 15) is 4.79 Å². The number of rotatable bonds is 5. The lowest BCUT2D eigenvalue weighted by atomic mass is 10.1. The predicted octanol–water partition coefficient (Wildman–Crippen LogP) is 2.74. The van der Waals surface area contributed by atoms with Gasteiger partial charge in [-0.15, -0.1) is 11.6 Å². The normalized spacial score (nSPS) is 12.2. The lowest BCUT2D eigenvalue weighted by Crippen LogP contribution is -2.39. The van der Waals surface area contributed by atoms with Gasteiger partial charge in [-0.25, -0.2) is 0 Å². The Balaban J connectivity index is 2.75. The van der Waals surface area contributed by atoms with Crippen LogP contribution in [-0.2, 0) is 4.74 Å². The minimum absolute atomic E-state index is 0.142. The summed E-state index contributed by atoms with van der Waals surface area (Å²) in [5.41, 5.74) is 1.64. The second-order valence-electron chi connectivity index (χ2n) is 3.80. The van der Waals surface area contributed by atoms with Crippen LogP contribution in [0.25, 0.3) is 0 Å². The van der Waals surface area contributed by atoms with Gasteiger partial charge in [0.15, 0.2) is 0 Å². The summed E-state index contributed by atoms with van der Waals surface area (Å²) >= 11 is 9.10. The van der Waals surface area contributed by atoms with E-state index in [4.69, 9.17) is 16.3 Å². The maximum absolute atomic E-state index is 11.9. The highest BCUT2D eigenvalue weighted by molar-refractivity contribution is 9.10. The van der Waals surface area contributed by atoms with Gasteiger partial charge in [-0.3, -0.25) is 4.79 Å². The highest BCUT2D eigenvalue weighted by Crippen LogP contribution is 2.15. The molecule has 3 nitrogen and oxygen atoms in total. The second kappa shape index (κ2) is 6.99. The molecule has 0 aromatic heterocycles. The first-order chi connectivity index (χ1) is 8.06. The Kier molecular flexibility index (Phi) is 5.95. The van der Waals surface area contributed by atoms with Crippen LogP contribution in [0.1, 0.15) is 15.9 Å². The molecule has 0 radical (unpaired) electrons. The van der Waals surface area contributed by atoms with Crippen molar-refractivity contribution in [1.29, 1.82) is 0 Å². The molecule has 1 N–H and O–H groups in total. The molecule has 0 fully saturated rings. The van der Waals surface area contributed by atoms with Crippen LogP contribution in [0.15, 0.2) is 22.7 Å². The molecule has 1 unspecified atom stereocenters. The van der Waals surface area contributed by atoms with Gasteiger partial charge in [-0.05, 0) is 30.7 Å². The van der Waals surface area contributed by atoms with Crippen molar-refractivity contribution in [2.75, 3.05) is 19.6 Å². The molecule has 1 rings (SSSR count). The van der Waals surface area contributed by atoms with Crippen molar-refractivity contribution < 1.29 is 9.53 Å². The van der Waals surface area contributed by atoms with Gasteiger partial charge in [0.2, 0.25) is 0 Å². The number of alkyl halides is 1. The summed E-state index contributed by atoms with van der Waals surface area (Å²) in [5, 5.41) is 2.82. The molecule has 1 amide bonds. The zero-order valence-electron chi connectivity index (χ0n) is 9.80. The van der Waals surface area contributed by atoms with Gasteiger partial charge in [0, 0.05) is 23.0 Å². The number of carbonyl (C=O) groups excluding carboxylic acids is 1. The molecule has 0 spiro atoms. The number of methoxy groups -OCH3 is 1. The quantitative estimate of drug-likeness (QED) is 0.847. The number of ether oxygens (including phenoxy) is 1. The van der Waals surface area contributed by atoms with Gasteiger partial charge in [0.25, 0.3) is 5.91 Å². The fourth-order valence-electron chi connectivity index (χ4n) is 1.46. The van der Waals surface area contributed by atoms with E-state index in [1.165, 1.54) is 0 Å². The Morgan fingerprint density at radius 3 is 2.76 bits per heavy atom. The summed E-state index contributed by atoms with van der Waals surface area (Å²) in [6, 6.07) is 5.39. The third-order valence-corrected chi connectivity index (χ3v) is 3.02. The highest BCUT2D eigenvalue weighted by atomic mass is 79.9. The van der Waals surface area contributed by atoms with Crippen LogP contribution in [0.5, 0.6) is 0 Å². The van der Waals surface area contributed by atoms with Crippen LogP contribution < -0.4 is 5.32 Å². The van der Waals surface area contributed by atoms with Crippen LogP contribution in [0.3, 0.4) is 0 Å². The Hall–Kier alpha value is -0.580. The number of hydrogen-bond acceptors (Lipinski definition) is 2. The number of benzene rings is 1. The van der Waals surface area contributed by atoms with Crippen LogP contribution in [-0.4, -0.2) is 31.5 Å². The Bertz CT molecular complexity index is 378. The minimum atomic E-state index is -0.173. The molecule has 0 heterocycles. The van der Waals surface area contributed by atoms with Crippen molar-refractivity contribution in [2.24, 2.45) is 0 Å². The molecular formula is C12H15BrClNO2. The molecule has 0 aliphatic heterocycles. The van der Waals surface area contributed by atoms with Crippen molar-refractivity contribution >= 4 is 33.4 Å². The van der Waals surface area contributed by atoms with Crippen molar-refractivity contribution in [1.82, 2.24) is 5.32 Å². The Morgan fingerprint density at radius 1 is 1.53 bits per heavy atom. The highest BCUT2D eigenvalue weighted by Gasteiger charge is 2.13. The maximum Gasteiger partial charge on any atom is 0.251 e. The molecule has 0 saturated heterocycles. The lowest BCUT2D eigenvalue weighted by Gasteiger charge is -2.15. The van der Waals surface area contributed by atoms with E-state index in [1.807, 2.05) is 19.1 Å². The molecule has 1 aromatic carbocycles. The zero-order valence-corrected chi connectivity index (χ0v) is 12.1. The summed E-state index contributed by atoms with van der Waals surface area (Å²) in [5.74, 6) is 0.184. The number of hydrogen-bond donors (Lipinski definition) is 1. The topological polar surface area (TPSA) is 38.3 Å². The minimum Gasteiger partial charge on any atom is -0.383 e. The summed E-state index contributed by atoms with van der Waals surface area (Å²) in [4.78, 5) is 11.9. The fraction of sp³-hybridized carbons (Fsp3) is 0.417. The number of aryl methyl sites for hydroxylation is 1. The molecular weight excluding hydrogens is 305 g/mol. The van der Waals surface area contributed by atoms with Crippen molar-refractivity contribution in [2.45, 2.75) is 13.0 Å². The molecule has 0 aliphatic carbocycles. The van der Waals surface area contributed by atoms with Crippen LogP contribution in [0.2, 0.25) is 0 Å². The standard InChI is InChI=1S/C12H15BrClNO2/c1-8-3-9(5-10(13)4-8)12(16)15-11(6-14)7-17-2/h3-5,11H,6-7H2,1-2H3,(H,15,16). The van der Waals surface area contributed by atoms with Gasteiger partial charge in [0.05, 0.1) is 12.6 Å². The largest absolute Gasteiger partial charge is 0.383 e. The van der Waals surface area contributed by atoms with Gasteiger partial charge in [-0.2, -0.15) is 0 Å². The van der Waals surface area contributed by atoms with Crippen molar-refractivity contribution in [3.8, 4) is 0 Å². The third kappa shape index (κ3) is 4.66. The second-order valence-corrected chi connectivity index (χ2v) is 5.02. The van der Waals surface area contributed by atoms with E-state index < -0.39 is 0 Å². The molecule has 94 valence electrons. The van der Waals surface area contributed by atoms with E-state index in [1.54, 1.807) is 13.2 Å². The number of nitrogens with one attached hydrogen (secondary N) is 1. The first-order valence-corrected chi connectivity index (χ1v) is 6.52. The van der Waals surface area contributed by atoms with Crippen molar-refractivity contribution in [3.63, 3.8) is 0 Å². The SMILES string of the molecule is COCC(CCl)NC(=O)c1cc(C)cc(Br)c1. The first kappa shape index (κ1) is 14.5. The fourth-order valence-corrected chi connectivity index (χ4v) is 2.24. The average molecular weight is 321 g/mol. The smallest absolute Gasteiger partial charge is 0.251 e. The molecule has 5 heteroatoms. The van der Waals surface area contributed by atoms with Crippen LogP contribution in [0, 0.1) is 6.92 Å². The van der Waals surface area contributed by atoms with Gasteiger partial charge < -0.3 is 10.1 Å². The van der Waals surface area contributed by atoms with E-state index in [2.05, 4.69) is 21.2 Å². The molecule has 0 aliphatic rings. The molecule has 0 saturated carbocycles. The average Bonchev–Trinajstić information content (AvgIpc) is 2.27. The summed E-state index contributed by atoms with van der Waals surface area (Å²) in [6.07, 6.45) is 0. The maximum atomic E-state index is 11.9. The monoisotopic (exact) mass is 319 g/mol. The van der Waals surface area contributed by atoms with Gasteiger partial charge in [0.1, 0.15) is 0 Å². The number of halogens is 2. The molecule has 1 aromatic rings.